The van der Waals surface area contributed by atoms with E-state index in [0.717, 1.165) is 6.42 Å². The van der Waals surface area contributed by atoms with Crippen LogP contribution in [-0.4, -0.2) is 5.97 Å². The smallest absolute Gasteiger partial charge is 0.316 e. The Morgan fingerprint density at radius 2 is 1.92 bits per heavy atom. The van der Waals surface area contributed by atoms with Crippen molar-refractivity contribution in [2.45, 2.75) is 34.1 Å². The van der Waals surface area contributed by atoms with Crippen molar-refractivity contribution in [3.05, 3.63) is 24.5 Å². The van der Waals surface area contributed by atoms with Crippen molar-refractivity contribution in [1.29, 1.82) is 0 Å². The molecular formula is C11H18O2. The predicted octanol–water partition coefficient (Wildman–Crippen LogP) is 3.06. The zero-order valence-electron chi connectivity index (χ0n) is 8.83. The first-order valence-electron chi connectivity index (χ1n) is 4.51. The van der Waals surface area contributed by atoms with Crippen LogP contribution in [0.15, 0.2) is 24.5 Å². The summed E-state index contributed by atoms with van der Waals surface area (Å²) >= 11 is 0. The van der Waals surface area contributed by atoms with Gasteiger partial charge in [0.2, 0.25) is 0 Å². The average Bonchev–Trinajstić information content (AvgIpc) is 2.02. The lowest BCUT2D eigenvalue weighted by atomic mass is 9.98. The van der Waals surface area contributed by atoms with Crippen LogP contribution < -0.4 is 0 Å². The third kappa shape index (κ3) is 6.14. The molecule has 0 aromatic carbocycles. The topological polar surface area (TPSA) is 26.3 Å². The highest BCUT2D eigenvalue weighted by atomic mass is 16.5. The molecule has 0 saturated carbocycles. The first-order chi connectivity index (χ1) is 5.98. The average molecular weight is 182 g/mol. The lowest BCUT2D eigenvalue weighted by Gasteiger charge is -2.13. The number of carbonyl (C=O) groups is 1. The molecule has 0 aliphatic carbocycles. The largest absolute Gasteiger partial charge is 0.434 e. The van der Waals surface area contributed by atoms with Gasteiger partial charge in [-0.3, -0.25) is 4.79 Å². The van der Waals surface area contributed by atoms with Crippen molar-refractivity contribution in [3.63, 3.8) is 0 Å². The highest BCUT2D eigenvalue weighted by molar-refractivity contribution is 5.75. The molecule has 0 unspecified atom stereocenters. The molecule has 0 aliphatic rings. The maximum absolute atomic E-state index is 11.2. The molecule has 0 rings (SSSR count). The van der Waals surface area contributed by atoms with Gasteiger partial charge in [0.25, 0.3) is 0 Å². The summed E-state index contributed by atoms with van der Waals surface area (Å²) in [6.45, 7) is 7.52. The Morgan fingerprint density at radius 3 is 2.38 bits per heavy atom. The molecule has 0 heterocycles. The van der Waals surface area contributed by atoms with E-state index in [4.69, 9.17) is 4.74 Å². The Hall–Kier alpha value is -1.05. The van der Waals surface area contributed by atoms with Crippen LogP contribution >= 0.6 is 0 Å². The van der Waals surface area contributed by atoms with Crippen LogP contribution in [0.2, 0.25) is 0 Å². The number of rotatable bonds is 3. The van der Waals surface area contributed by atoms with Gasteiger partial charge in [0, 0.05) is 0 Å². The number of allylic oxidation sites excluding steroid dienone is 3. The number of carbonyl (C=O) groups excluding carboxylic acids is 1. The molecular weight excluding hydrogens is 164 g/mol. The number of ether oxygens (including phenoxy) is 1. The van der Waals surface area contributed by atoms with E-state index in [1.165, 1.54) is 6.26 Å². The minimum atomic E-state index is -0.432. The minimum Gasteiger partial charge on any atom is -0.434 e. The van der Waals surface area contributed by atoms with Crippen molar-refractivity contribution in [2.24, 2.45) is 5.41 Å². The quantitative estimate of drug-likeness (QED) is 0.381. The molecule has 0 atom stereocenters. The Balaban J connectivity index is 3.83. The van der Waals surface area contributed by atoms with Crippen LogP contribution in [-0.2, 0) is 9.53 Å². The number of hydrogen-bond donors (Lipinski definition) is 0. The molecule has 0 fully saturated rings. The highest BCUT2D eigenvalue weighted by Gasteiger charge is 2.21. The van der Waals surface area contributed by atoms with Crippen LogP contribution in [0, 0.1) is 5.41 Å². The summed E-state index contributed by atoms with van der Waals surface area (Å²) in [5.74, 6) is -0.214. The molecule has 0 spiro atoms. The molecule has 13 heavy (non-hydrogen) atoms. The van der Waals surface area contributed by atoms with E-state index >= 15 is 0 Å². The zero-order chi connectivity index (χ0) is 10.3. The van der Waals surface area contributed by atoms with E-state index < -0.39 is 5.41 Å². The summed E-state index contributed by atoms with van der Waals surface area (Å²) in [6, 6.07) is 0. The fourth-order valence-corrected chi connectivity index (χ4v) is 0.538. The van der Waals surface area contributed by atoms with Crippen LogP contribution in [0.25, 0.3) is 0 Å². The summed E-state index contributed by atoms with van der Waals surface area (Å²) in [6.07, 6.45) is 7.96. The molecule has 2 heteroatoms. The second kappa shape index (κ2) is 5.57. The number of esters is 1. The SMILES string of the molecule is CCC=CC=COC(=O)C(C)(C)C. The normalized spacial score (nSPS) is 12.6. The standard InChI is InChI=1S/C11H18O2/c1-5-6-7-8-9-13-10(12)11(2,3)4/h6-9H,5H2,1-4H3. The molecule has 0 N–H and O–H groups in total. The van der Waals surface area contributed by atoms with Gasteiger partial charge < -0.3 is 4.74 Å². The van der Waals surface area contributed by atoms with E-state index in [9.17, 15) is 4.79 Å². The molecule has 0 aromatic rings. The lowest BCUT2D eigenvalue weighted by molar-refractivity contribution is -0.146. The minimum absolute atomic E-state index is 0.214. The molecule has 2 nitrogen and oxygen atoms in total. The molecule has 0 saturated heterocycles. The Kier molecular flexibility index (Phi) is 5.12. The molecule has 74 valence electrons. The van der Waals surface area contributed by atoms with Crippen LogP contribution in [0.1, 0.15) is 34.1 Å². The summed E-state index contributed by atoms with van der Waals surface area (Å²) < 4.78 is 4.88. The zero-order valence-corrected chi connectivity index (χ0v) is 8.83. The maximum atomic E-state index is 11.2. The second-order valence-electron chi connectivity index (χ2n) is 3.82. The third-order valence-electron chi connectivity index (χ3n) is 1.35. The van der Waals surface area contributed by atoms with E-state index in [2.05, 4.69) is 0 Å². The molecule has 0 amide bonds. The van der Waals surface area contributed by atoms with Gasteiger partial charge in [-0.1, -0.05) is 19.1 Å². The van der Waals surface area contributed by atoms with Crippen LogP contribution in [0.4, 0.5) is 0 Å². The van der Waals surface area contributed by atoms with E-state index in [-0.39, 0.29) is 5.97 Å². The lowest BCUT2D eigenvalue weighted by Crippen LogP contribution is -2.20. The van der Waals surface area contributed by atoms with Crippen LogP contribution in [0.3, 0.4) is 0 Å². The van der Waals surface area contributed by atoms with Crippen molar-refractivity contribution in [2.75, 3.05) is 0 Å². The second-order valence-corrected chi connectivity index (χ2v) is 3.82. The summed E-state index contributed by atoms with van der Waals surface area (Å²) in [4.78, 5) is 11.2. The van der Waals surface area contributed by atoms with Gasteiger partial charge in [0.15, 0.2) is 0 Å². The van der Waals surface area contributed by atoms with Gasteiger partial charge in [-0.25, -0.2) is 0 Å². The van der Waals surface area contributed by atoms with E-state index in [0.29, 0.717) is 0 Å². The first-order valence-corrected chi connectivity index (χ1v) is 4.51. The fourth-order valence-electron chi connectivity index (χ4n) is 0.538. The van der Waals surface area contributed by atoms with Crippen LogP contribution in [0.5, 0.6) is 0 Å². The van der Waals surface area contributed by atoms with E-state index in [1.54, 1.807) is 6.08 Å². The highest BCUT2D eigenvalue weighted by Crippen LogP contribution is 2.14. The van der Waals surface area contributed by atoms with Gasteiger partial charge in [-0.15, -0.1) is 0 Å². The molecule has 0 radical (unpaired) electrons. The third-order valence-corrected chi connectivity index (χ3v) is 1.35. The van der Waals surface area contributed by atoms with Crippen molar-refractivity contribution in [3.8, 4) is 0 Å². The van der Waals surface area contributed by atoms with Crippen molar-refractivity contribution in [1.82, 2.24) is 0 Å². The molecule has 0 aromatic heterocycles. The predicted molar refractivity (Wildman–Crippen MR) is 54.1 cm³/mol. The van der Waals surface area contributed by atoms with Gasteiger partial charge in [0.05, 0.1) is 11.7 Å². The van der Waals surface area contributed by atoms with Crippen molar-refractivity contribution >= 4 is 5.97 Å². The Morgan fingerprint density at radius 1 is 1.31 bits per heavy atom. The summed E-state index contributed by atoms with van der Waals surface area (Å²) in [7, 11) is 0. The molecule has 0 aliphatic heterocycles. The van der Waals surface area contributed by atoms with Gasteiger partial charge in [0.1, 0.15) is 0 Å². The van der Waals surface area contributed by atoms with Gasteiger partial charge in [-0.2, -0.15) is 0 Å². The molecule has 0 bridgehead atoms. The fraction of sp³-hybridized carbons (Fsp3) is 0.545. The van der Waals surface area contributed by atoms with Gasteiger partial charge >= 0.3 is 5.97 Å². The van der Waals surface area contributed by atoms with Crippen molar-refractivity contribution < 1.29 is 9.53 Å². The Bertz CT molecular complexity index is 207. The number of hydrogen-bond acceptors (Lipinski definition) is 2. The first kappa shape index (κ1) is 11.9. The Labute approximate surface area is 80.3 Å². The monoisotopic (exact) mass is 182 g/mol. The maximum Gasteiger partial charge on any atom is 0.316 e. The van der Waals surface area contributed by atoms with E-state index in [1.807, 2.05) is 39.8 Å². The summed E-state index contributed by atoms with van der Waals surface area (Å²) in [5, 5.41) is 0. The summed E-state index contributed by atoms with van der Waals surface area (Å²) in [5.41, 5.74) is -0.432. The van der Waals surface area contributed by atoms with Gasteiger partial charge in [-0.05, 0) is 33.3 Å².